The maximum absolute atomic E-state index is 13.9. The van der Waals surface area contributed by atoms with E-state index in [4.69, 9.17) is 0 Å². The number of hydrogen-bond donors (Lipinski definition) is 1. The van der Waals surface area contributed by atoms with Gasteiger partial charge in [0.15, 0.2) is 0 Å². The van der Waals surface area contributed by atoms with Crippen LogP contribution in [0.4, 0.5) is 8.78 Å². The summed E-state index contributed by atoms with van der Waals surface area (Å²) < 4.78 is 27.7. The summed E-state index contributed by atoms with van der Waals surface area (Å²) >= 11 is 3.20. The molecule has 2 rings (SSSR count). The van der Waals surface area contributed by atoms with Gasteiger partial charge in [0.25, 0.3) is 0 Å². The minimum atomic E-state index is -0.440. The van der Waals surface area contributed by atoms with Gasteiger partial charge in [-0.15, -0.1) is 0 Å². The molecule has 0 spiro atoms. The van der Waals surface area contributed by atoms with Gasteiger partial charge in [0.2, 0.25) is 0 Å². The van der Waals surface area contributed by atoms with E-state index >= 15 is 0 Å². The minimum Gasteiger partial charge on any atom is -0.309 e. The van der Waals surface area contributed by atoms with Crippen LogP contribution >= 0.6 is 15.9 Å². The molecule has 2 nitrogen and oxygen atoms in total. The van der Waals surface area contributed by atoms with Crippen molar-refractivity contribution < 1.29 is 8.78 Å². The van der Waals surface area contributed by atoms with Crippen molar-refractivity contribution in [1.82, 2.24) is 10.3 Å². The first-order valence-corrected chi connectivity index (χ1v) is 6.14. The Balaban J connectivity index is 2.45. The first-order chi connectivity index (χ1) is 8.61. The fraction of sp³-hybridized carbons (Fsp3) is 0.154. The van der Waals surface area contributed by atoms with Gasteiger partial charge < -0.3 is 5.32 Å². The molecule has 0 amide bonds. The van der Waals surface area contributed by atoms with Crippen molar-refractivity contribution in [2.45, 2.75) is 6.04 Å². The molecule has 1 unspecified atom stereocenters. The second-order valence-electron chi connectivity index (χ2n) is 3.82. The van der Waals surface area contributed by atoms with Crippen LogP contribution in [0, 0.1) is 11.6 Å². The van der Waals surface area contributed by atoms with E-state index in [2.05, 4.69) is 26.2 Å². The standard InChI is InChI=1S/C13H11BrF2N2/c1-17-13(8-4-10(15)7-18-6-8)11-3-2-9(14)5-12(11)16/h2-7,13,17H,1H3. The Morgan fingerprint density at radius 3 is 2.61 bits per heavy atom. The predicted molar refractivity (Wildman–Crippen MR) is 69.2 cm³/mol. The zero-order valence-electron chi connectivity index (χ0n) is 9.62. The molecule has 0 aliphatic heterocycles. The van der Waals surface area contributed by atoms with Crippen LogP contribution in [0.5, 0.6) is 0 Å². The molecule has 2 aromatic rings. The first kappa shape index (κ1) is 13.1. The molecule has 0 radical (unpaired) electrons. The molecule has 1 atom stereocenters. The number of nitrogens with zero attached hydrogens (tertiary/aromatic N) is 1. The lowest BCUT2D eigenvalue weighted by Gasteiger charge is -2.17. The van der Waals surface area contributed by atoms with E-state index in [1.54, 1.807) is 19.2 Å². The van der Waals surface area contributed by atoms with Gasteiger partial charge in [-0.2, -0.15) is 0 Å². The van der Waals surface area contributed by atoms with Gasteiger partial charge in [-0.1, -0.05) is 22.0 Å². The number of halogens is 3. The van der Waals surface area contributed by atoms with E-state index in [0.29, 0.717) is 15.6 Å². The summed E-state index contributed by atoms with van der Waals surface area (Å²) in [7, 11) is 1.69. The predicted octanol–water partition coefficient (Wildman–Crippen LogP) is 3.43. The Labute approximate surface area is 112 Å². The zero-order valence-corrected chi connectivity index (χ0v) is 11.2. The van der Waals surface area contributed by atoms with Gasteiger partial charge in [-0.25, -0.2) is 8.78 Å². The minimum absolute atomic E-state index is 0.354. The topological polar surface area (TPSA) is 24.9 Å². The SMILES string of the molecule is CNC(c1cncc(F)c1)c1ccc(Br)cc1F. The molecular formula is C13H11BrF2N2. The molecule has 1 N–H and O–H groups in total. The van der Waals surface area contributed by atoms with Crippen LogP contribution in [0.1, 0.15) is 17.2 Å². The molecule has 1 aromatic heterocycles. The number of aromatic nitrogens is 1. The van der Waals surface area contributed by atoms with Crippen molar-refractivity contribution in [3.8, 4) is 0 Å². The first-order valence-electron chi connectivity index (χ1n) is 5.34. The third kappa shape index (κ3) is 2.73. The number of hydrogen-bond acceptors (Lipinski definition) is 2. The van der Waals surface area contributed by atoms with E-state index in [1.807, 2.05) is 0 Å². The highest BCUT2D eigenvalue weighted by molar-refractivity contribution is 9.10. The summed E-state index contributed by atoms with van der Waals surface area (Å²) in [5, 5.41) is 2.96. The highest BCUT2D eigenvalue weighted by atomic mass is 79.9. The van der Waals surface area contributed by atoms with Gasteiger partial charge in [-0.05, 0) is 30.8 Å². The summed E-state index contributed by atoms with van der Waals surface area (Å²) in [6.45, 7) is 0. The molecule has 1 aromatic carbocycles. The molecule has 0 aliphatic rings. The maximum Gasteiger partial charge on any atom is 0.141 e. The van der Waals surface area contributed by atoms with Crippen molar-refractivity contribution in [3.63, 3.8) is 0 Å². The van der Waals surface area contributed by atoms with Crippen LogP contribution < -0.4 is 5.32 Å². The number of rotatable bonds is 3. The lowest BCUT2D eigenvalue weighted by Crippen LogP contribution is -2.19. The molecule has 0 saturated heterocycles. The highest BCUT2D eigenvalue weighted by Gasteiger charge is 2.17. The van der Waals surface area contributed by atoms with Crippen molar-refractivity contribution in [1.29, 1.82) is 0 Å². The molecule has 94 valence electrons. The summed E-state index contributed by atoms with van der Waals surface area (Å²) in [5.41, 5.74) is 1.03. The molecule has 0 fully saturated rings. The molecule has 0 saturated carbocycles. The van der Waals surface area contributed by atoms with E-state index < -0.39 is 11.9 Å². The Kier molecular flexibility index (Phi) is 4.04. The van der Waals surface area contributed by atoms with Gasteiger partial charge >= 0.3 is 0 Å². The van der Waals surface area contributed by atoms with Crippen molar-refractivity contribution in [3.05, 3.63) is 63.9 Å². The average molecular weight is 313 g/mol. The molecule has 0 bridgehead atoms. The van der Waals surface area contributed by atoms with Gasteiger partial charge in [0.1, 0.15) is 11.6 Å². The monoisotopic (exact) mass is 312 g/mol. The quantitative estimate of drug-likeness (QED) is 0.939. The van der Waals surface area contributed by atoms with Gasteiger partial charge in [0, 0.05) is 16.2 Å². The third-order valence-corrected chi connectivity index (χ3v) is 3.11. The molecule has 5 heteroatoms. The van der Waals surface area contributed by atoms with E-state index in [9.17, 15) is 8.78 Å². The van der Waals surface area contributed by atoms with Crippen molar-refractivity contribution in [2.24, 2.45) is 0 Å². The van der Waals surface area contributed by atoms with E-state index in [0.717, 1.165) is 6.20 Å². The normalized spacial score (nSPS) is 12.4. The summed E-state index contributed by atoms with van der Waals surface area (Å²) in [6, 6.07) is 5.70. The van der Waals surface area contributed by atoms with Crippen LogP contribution in [-0.2, 0) is 0 Å². The van der Waals surface area contributed by atoms with Crippen LogP contribution in [-0.4, -0.2) is 12.0 Å². The fourth-order valence-corrected chi connectivity index (χ4v) is 2.16. The average Bonchev–Trinajstić information content (AvgIpc) is 2.33. The number of benzene rings is 1. The third-order valence-electron chi connectivity index (χ3n) is 2.62. The lowest BCUT2D eigenvalue weighted by atomic mass is 10.00. The molecular weight excluding hydrogens is 302 g/mol. The second-order valence-corrected chi connectivity index (χ2v) is 4.74. The Hall–Kier alpha value is -1.33. The summed E-state index contributed by atoms with van der Waals surface area (Å²) in [6.07, 6.45) is 2.64. The van der Waals surface area contributed by atoms with Crippen LogP contribution in [0.25, 0.3) is 0 Å². The number of pyridine rings is 1. The highest BCUT2D eigenvalue weighted by Crippen LogP contribution is 2.26. The number of nitrogens with one attached hydrogen (secondary N) is 1. The molecule has 1 heterocycles. The Bertz CT molecular complexity index is 560. The summed E-state index contributed by atoms with van der Waals surface area (Å²) in [5.74, 6) is -0.793. The van der Waals surface area contributed by atoms with E-state index in [1.165, 1.54) is 18.3 Å². The molecule has 0 aliphatic carbocycles. The van der Waals surface area contributed by atoms with Crippen LogP contribution in [0.2, 0.25) is 0 Å². The zero-order chi connectivity index (χ0) is 13.1. The Morgan fingerprint density at radius 2 is 2.00 bits per heavy atom. The second kappa shape index (κ2) is 5.54. The van der Waals surface area contributed by atoms with Crippen molar-refractivity contribution in [2.75, 3.05) is 7.05 Å². The van der Waals surface area contributed by atoms with Gasteiger partial charge in [-0.3, -0.25) is 4.98 Å². The van der Waals surface area contributed by atoms with E-state index in [-0.39, 0.29) is 5.82 Å². The maximum atomic E-state index is 13.9. The molecule has 18 heavy (non-hydrogen) atoms. The smallest absolute Gasteiger partial charge is 0.141 e. The largest absolute Gasteiger partial charge is 0.309 e. The van der Waals surface area contributed by atoms with Crippen LogP contribution in [0.3, 0.4) is 0 Å². The van der Waals surface area contributed by atoms with Crippen LogP contribution in [0.15, 0.2) is 41.1 Å². The fourth-order valence-electron chi connectivity index (χ4n) is 1.82. The van der Waals surface area contributed by atoms with Gasteiger partial charge in [0.05, 0.1) is 12.2 Å². The summed E-state index contributed by atoms with van der Waals surface area (Å²) in [4.78, 5) is 3.78. The lowest BCUT2D eigenvalue weighted by molar-refractivity contribution is 0.568. The Morgan fingerprint density at radius 1 is 1.22 bits per heavy atom. The van der Waals surface area contributed by atoms with Crippen molar-refractivity contribution >= 4 is 15.9 Å².